The molecule has 4 aromatic rings. The van der Waals surface area contributed by atoms with E-state index in [0.717, 1.165) is 8.28 Å². The molecule has 0 saturated carbocycles. The molecule has 186 valence electrons. The van der Waals surface area contributed by atoms with Gasteiger partial charge in [0.2, 0.25) is 0 Å². The average molecular weight is 527 g/mol. The number of amides is 2. The third-order valence-corrected chi connectivity index (χ3v) is 7.38. The van der Waals surface area contributed by atoms with Crippen LogP contribution in [-0.2, 0) is 21.5 Å². The highest BCUT2D eigenvalue weighted by molar-refractivity contribution is 7.87. The van der Waals surface area contributed by atoms with Crippen LogP contribution in [0.2, 0.25) is 5.02 Å². The second-order valence-electron chi connectivity index (χ2n) is 7.94. The number of halogens is 1. The summed E-state index contributed by atoms with van der Waals surface area (Å²) < 4.78 is 33.3. The maximum Gasteiger partial charge on any atom is 0.307 e. The van der Waals surface area contributed by atoms with Crippen molar-refractivity contribution < 1.29 is 22.4 Å². The summed E-state index contributed by atoms with van der Waals surface area (Å²) in [7, 11) is -0.992. The molecule has 11 heteroatoms. The van der Waals surface area contributed by atoms with Crippen LogP contribution in [-0.4, -0.2) is 42.6 Å². The molecule has 0 aliphatic rings. The number of nitrogens with one attached hydrogen (secondary N) is 2. The number of hydrogen-bond donors (Lipinski definition) is 2. The third-order valence-electron chi connectivity index (χ3n) is 5.33. The lowest BCUT2D eigenvalue weighted by Crippen LogP contribution is -2.34. The van der Waals surface area contributed by atoms with E-state index in [4.69, 9.17) is 16.0 Å². The lowest BCUT2D eigenvalue weighted by atomic mass is 10.1. The Bertz CT molecular complexity index is 1560. The molecule has 2 amide bonds. The van der Waals surface area contributed by atoms with Crippen LogP contribution in [0.3, 0.4) is 0 Å². The molecular weight excluding hydrogens is 504 g/mol. The summed E-state index contributed by atoms with van der Waals surface area (Å²) in [6, 6.07) is 16.7. The summed E-state index contributed by atoms with van der Waals surface area (Å²) in [5, 5.41) is 6.11. The van der Waals surface area contributed by atoms with E-state index in [-0.39, 0.29) is 22.8 Å². The molecule has 0 bridgehead atoms. The molecule has 2 heterocycles. The van der Waals surface area contributed by atoms with Gasteiger partial charge in [-0.1, -0.05) is 41.9 Å². The van der Waals surface area contributed by atoms with Crippen LogP contribution in [0, 0.1) is 0 Å². The molecule has 0 radical (unpaired) electrons. The van der Waals surface area contributed by atoms with Gasteiger partial charge < -0.3 is 15.1 Å². The van der Waals surface area contributed by atoms with Crippen molar-refractivity contribution >= 4 is 50.6 Å². The first kappa shape index (κ1) is 25.2. The second kappa shape index (κ2) is 10.4. The van der Waals surface area contributed by atoms with E-state index in [9.17, 15) is 18.0 Å². The van der Waals surface area contributed by atoms with E-state index in [1.165, 1.54) is 38.7 Å². The fraction of sp³-hybridized carbons (Fsp3) is 0.120. The lowest BCUT2D eigenvalue weighted by molar-refractivity contribution is -0.118. The molecule has 4 rings (SSSR count). The van der Waals surface area contributed by atoms with Crippen LogP contribution < -0.4 is 10.6 Å². The number of hydrogen-bond acceptors (Lipinski definition) is 5. The van der Waals surface area contributed by atoms with Crippen LogP contribution in [0.15, 0.2) is 83.2 Å². The summed E-state index contributed by atoms with van der Waals surface area (Å²) in [6.45, 7) is 0.0852. The van der Waals surface area contributed by atoms with E-state index in [0.29, 0.717) is 22.2 Å². The topological polar surface area (TPSA) is 114 Å². The van der Waals surface area contributed by atoms with Crippen molar-refractivity contribution in [2.45, 2.75) is 6.54 Å². The summed E-state index contributed by atoms with van der Waals surface area (Å²) >= 11 is 6.16. The predicted octanol–water partition coefficient (Wildman–Crippen LogP) is 3.63. The second-order valence-corrected chi connectivity index (χ2v) is 10.4. The number of furan rings is 1. The Hall–Kier alpha value is -3.86. The molecule has 0 aliphatic heterocycles. The molecular formula is C25H23ClN4O5S. The van der Waals surface area contributed by atoms with Gasteiger partial charge in [-0.25, -0.2) is 3.97 Å². The van der Waals surface area contributed by atoms with Gasteiger partial charge in [-0.05, 0) is 36.4 Å². The van der Waals surface area contributed by atoms with Crippen LogP contribution in [0.5, 0.6) is 0 Å². The largest absolute Gasteiger partial charge is 0.467 e. The van der Waals surface area contributed by atoms with Crippen molar-refractivity contribution in [2.75, 3.05) is 14.1 Å². The number of fused-ring (bicyclic) bond motifs is 1. The minimum atomic E-state index is -3.85. The zero-order chi connectivity index (χ0) is 25.9. The van der Waals surface area contributed by atoms with Crippen LogP contribution >= 0.6 is 11.6 Å². The van der Waals surface area contributed by atoms with Crippen molar-refractivity contribution in [1.29, 1.82) is 0 Å². The molecule has 0 unspecified atom stereocenters. The number of nitrogens with zero attached hydrogens (tertiary/aromatic N) is 2. The highest BCUT2D eigenvalue weighted by Crippen LogP contribution is 2.26. The summed E-state index contributed by atoms with van der Waals surface area (Å²) in [5.41, 5.74) is 0.919. The van der Waals surface area contributed by atoms with E-state index < -0.39 is 22.0 Å². The van der Waals surface area contributed by atoms with E-state index >= 15 is 0 Å². The Balaban J connectivity index is 1.77. The van der Waals surface area contributed by atoms with E-state index in [1.807, 2.05) is 0 Å². The first-order valence-corrected chi connectivity index (χ1v) is 12.6. The maximum absolute atomic E-state index is 13.1. The van der Waals surface area contributed by atoms with E-state index in [1.54, 1.807) is 54.6 Å². The Kier molecular flexibility index (Phi) is 7.30. The fourth-order valence-electron chi connectivity index (χ4n) is 3.48. The summed E-state index contributed by atoms with van der Waals surface area (Å²) in [4.78, 5) is 26.1. The first-order valence-electron chi connectivity index (χ1n) is 10.8. The molecule has 0 fully saturated rings. The fourth-order valence-corrected chi connectivity index (χ4v) is 4.71. The Morgan fingerprint density at radius 1 is 1.06 bits per heavy atom. The molecule has 0 saturated heterocycles. The maximum atomic E-state index is 13.1. The average Bonchev–Trinajstić information content (AvgIpc) is 3.51. The normalized spacial score (nSPS) is 12.2. The molecule has 9 nitrogen and oxygen atoms in total. The van der Waals surface area contributed by atoms with E-state index in [2.05, 4.69) is 10.6 Å². The lowest BCUT2D eigenvalue weighted by Gasteiger charge is -2.13. The zero-order valence-corrected chi connectivity index (χ0v) is 21.0. The first-order chi connectivity index (χ1) is 17.2. The van der Waals surface area contributed by atoms with Crippen molar-refractivity contribution in [1.82, 2.24) is 18.9 Å². The Morgan fingerprint density at radius 2 is 1.78 bits per heavy atom. The van der Waals surface area contributed by atoms with Crippen molar-refractivity contribution in [3.63, 3.8) is 0 Å². The van der Waals surface area contributed by atoms with Crippen molar-refractivity contribution in [2.24, 2.45) is 0 Å². The van der Waals surface area contributed by atoms with Crippen molar-refractivity contribution in [3.8, 4) is 0 Å². The number of benzene rings is 2. The monoisotopic (exact) mass is 526 g/mol. The molecule has 36 heavy (non-hydrogen) atoms. The quantitative estimate of drug-likeness (QED) is 0.340. The van der Waals surface area contributed by atoms with Gasteiger partial charge in [-0.2, -0.15) is 12.7 Å². The van der Waals surface area contributed by atoms with Gasteiger partial charge in [0.25, 0.3) is 11.8 Å². The van der Waals surface area contributed by atoms with Gasteiger partial charge in [-0.3, -0.25) is 9.59 Å². The van der Waals surface area contributed by atoms with Crippen molar-refractivity contribution in [3.05, 3.63) is 101 Å². The highest BCUT2D eigenvalue weighted by atomic mass is 35.5. The summed E-state index contributed by atoms with van der Waals surface area (Å²) in [5.74, 6) is -0.669. The predicted molar refractivity (Wildman–Crippen MR) is 137 cm³/mol. The minimum Gasteiger partial charge on any atom is -0.467 e. The molecule has 0 spiro atoms. The summed E-state index contributed by atoms with van der Waals surface area (Å²) in [6.07, 6.45) is 4.31. The van der Waals surface area contributed by atoms with Gasteiger partial charge in [0.15, 0.2) is 0 Å². The van der Waals surface area contributed by atoms with Crippen LogP contribution in [0.4, 0.5) is 0 Å². The van der Waals surface area contributed by atoms with Gasteiger partial charge in [0.1, 0.15) is 11.5 Å². The standard InChI is InChI=1S/C25H23ClN4O5S/c1-29(2)36(33,34)30-16-17(19-9-4-6-12-23(19)30)14-22(25(32)27-15-18-8-7-13-35-18)28-24(31)20-10-3-5-11-21(20)26/h3-14,16H,15H2,1-2H3,(H,27,32)(H,28,31)/b22-14-. The van der Waals surface area contributed by atoms with Crippen LogP contribution in [0.25, 0.3) is 17.0 Å². The smallest absolute Gasteiger partial charge is 0.307 e. The van der Waals surface area contributed by atoms with Gasteiger partial charge in [-0.15, -0.1) is 0 Å². The van der Waals surface area contributed by atoms with Gasteiger partial charge in [0, 0.05) is 31.2 Å². The molecule has 0 atom stereocenters. The zero-order valence-electron chi connectivity index (χ0n) is 19.4. The number of carbonyl (C=O) groups excluding carboxylic acids is 2. The Labute approximate surface area is 213 Å². The van der Waals surface area contributed by atoms with Gasteiger partial charge in [0.05, 0.1) is 28.9 Å². The third kappa shape index (κ3) is 5.20. The van der Waals surface area contributed by atoms with Gasteiger partial charge >= 0.3 is 10.2 Å². The number of carbonyl (C=O) groups is 2. The number of rotatable bonds is 8. The minimum absolute atomic E-state index is 0.0852. The molecule has 2 aromatic carbocycles. The SMILES string of the molecule is CN(C)S(=O)(=O)n1cc(/C=C(\NC(=O)c2ccccc2Cl)C(=O)NCc2ccco2)c2ccccc21. The Morgan fingerprint density at radius 3 is 2.47 bits per heavy atom. The number of aromatic nitrogens is 1. The van der Waals surface area contributed by atoms with Crippen LogP contribution in [0.1, 0.15) is 21.7 Å². The number of para-hydroxylation sites is 1. The molecule has 2 aromatic heterocycles. The highest BCUT2D eigenvalue weighted by Gasteiger charge is 2.22. The molecule has 0 aliphatic carbocycles. The molecule has 2 N–H and O–H groups in total.